The van der Waals surface area contributed by atoms with E-state index in [9.17, 15) is 14.4 Å². The molecule has 1 aromatic carbocycles. The minimum Gasteiger partial charge on any atom is -0.309 e. The second kappa shape index (κ2) is 6.99. The molecule has 27 heavy (non-hydrogen) atoms. The maximum Gasteiger partial charge on any atom is 0.270 e. The van der Waals surface area contributed by atoms with Crippen LogP contribution in [0.3, 0.4) is 0 Å². The molecule has 0 aromatic heterocycles. The largest absolute Gasteiger partial charge is 0.309 e. The highest BCUT2D eigenvalue weighted by Gasteiger charge is 2.61. The third-order valence-corrected chi connectivity index (χ3v) is 5.83. The van der Waals surface area contributed by atoms with Crippen LogP contribution in [0, 0.1) is 12.8 Å². The number of amidine groups is 1. The molecule has 3 amide bonds. The Morgan fingerprint density at radius 3 is 2.59 bits per heavy atom. The summed E-state index contributed by atoms with van der Waals surface area (Å²) in [6.07, 6.45) is 0.847. The molecule has 1 spiro atoms. The van der Waals surface area contributed by atoms with Crippen LogP contribution in [0.25, 0.3) is 0 Å². The van der Waals surface area contributed by atoms with Crippen LogP contribution in [-0.4, -0.2) is 34.4 Å². The van der Waals surface area contributed by atoms with Crippen molar-refractivity contribution in [3.8, 4) is 0 Å². The number of thioether (sulfide) groups is 1. The number of rotatable bonds is 3. The van der Waals surface area contributed by atoms with Crippen molar-refractivity contribution in [2.75, 3.05) is 11.4 Å². The number of anilines is 1. The Balaban J connectivity index is 2.11. The lowest BCUT2D eigenvalue weighted by Gasteiger charge is -2.29. The zero-order valence-electron chi connectivity index (χ0n) is 16.2. The van der Waals surface area contributed by atoms with Crippen molar-refractivity contribution in [2.45, 2.75) is 45.9 Å². The second-order valence-corrected chi connectivity index (χ2v) is 8.50. The van der Waals surface area contributed by atoms with Crippen LogP contribution in [0.15, 0.2) is 23.3 Å². The van der Waals surface area contributed by atoms with Gasteiger partial charge < -0.3 is 10.2 Å². The summed E-state index contributed by atoms with van der Waals surface area (Å²) in [6, 6.07) is 5.81. The zero-order valence-corrected chi connectivity index (χ0v) is 17.0. The van der Waals surface area contributed by atoms with Crippen LogP contribution < -0.4 is 10.2 Å². The number of nitrogens with zero attached hydrogens (tertiary/aromatic N) is 3. The molecule has 144 valence electrons. The fourth-order valence-corrected chi connectivity index (χ4v) is 4.66. The third kappa shape index (κ3) is 3.22. The van der Waals surface area contributed by atoms with Gasteiger partial charge in [0.25, 0.3) is 5.91 Å². The number of hydrazone groups is 1. The molecule has 3 rings (SSSR count). The molecule has 8 heteroatoms. The molecule has 0 radical (unpaired) electrons. The summed E-state index contributed by atoms with van der Waals surface area (Å²) >= 11 is 1.11. The van der Waals surface area contributed by atoms with E-state index in [2.05, 4.69) is 24.3 Å². The van der Waals surface area contributed by atoms with Gasteiger partial charge in [-0.3, -0.25) is 14.4 Å². The number of hydrogen-bond donors (Lipinski definition) is 1. The van der Waals surface area contributed by atoms with E-state index in [1.807, 2.05) is 25.1 Å². The lowest BCUT2D eigenvalue weighted by Crippen LogP contribution is -2.48. The van der Waals surface area contributed by atoms with Gasteiger partial charge in [0, 0.05) is 26.0 Å². The number of nitrogens with one attached hydrogen (secondary N) is 1. The van der Waals surface area contributed by atoms with E-state index in [0.717, 1.165) is 35.0 Å². The van der Waals surface area contributed by atoms with Crippen LogP contribution in [0.5, 0.6) is 0 Å². The fraction of sp³-hybridized carbons (Fsp3) is 0.474. The summed E-state index contributed by atoms with van der Waals surface area (Å²) in [5, 5.41) is 8.33. The van der Waals surface area contributed by atoms with Crippen LogP contribution >= 0.6 is 11.8 Å². The monoisotopic (exact) mass is 388 g/mol. The number of carbonyl (C=O) groups is 3. The van der Waals surface area contributed by atoms with E-state index in [4.69, 9.17) is 0 Å². The van der Waals surface area contributed by atoms with Crippen LogP contribution in [-0.2, 0) is 19.3 Å². The smallest absolute Gasteiger partial charge is 0.270 e. The van der Waals surface area contributed by atoms with Crippen molar-refractivity contribution in [2.24, 2.45) is 11.0 Å². The predicted molar refractivity (Wildman–Crippen MR) is 106 cm³/mol. The first-order valence-electron chi connectivity index (χ1n) is 8.96. The lowest BCUT2D eigenvalue weighted by atomic mass is 10.0. The molecule has 0 fully saturated rings. The summed E-state index contributed by atoms with van der Waals surface area (Å²) < 4.78 is 0. The molecule has 1 aromatic rings. The van der Waals surface area contributed by atoms with Gasteiger partial charge in [0.2, 0.25) is 16.7 Å². The quantitative estimate of drug-likeness (QED) is 0.863. The molecule has 2 aliphatic rings. The maximum absolute atomic E-state index is 13.6. The normalized spacial score (nSPS) is 21.1. The topological polar surface area (TPSA) is 82.1 Å². The molecule has 7 nitrogen and oxygen atoms in total. The van der Waals surface area contributed by atoms with E-state index in [1.54, 1.807) is 4.90 Å². The van der Waals surface area contributed by atoms with Gasteiger partial charge in [0.15, 0.2) is 5.17 Å². The summed E-state index contributed by atoms with van der Waals surface area (Å²) in [5.41, 5.74) is 2.52. The molecule has 0 aliphatic carbocycles. The van der Waals surface area contributed by atoms with Gasteiger partial charge in [-0.2, -0.15) is 5.01 Å². The van der Waals surface area contributed by atoms with Crippen molar-refractivity contribution in [3.05, 3.63) is 29.3 Å². The van der Waals surface area contributed by atoms with Crippen LogP contribution in [0.2, 0.25) is 0 Å². The van der Waals surface area contributed by atoms with Gasteiger partial charge in [-0.1, -0.05) is 31.5 Å². The molecule has 0 saturated carbocycles. The van der Waals surface area contributed by atoms with Gasteiger partial charge in [-0.15, -0.1) is 5.10 Å². The van der Waals surface area contributed by atoms with E-state index in [0.29, 0.717) is 12.5 Å². The molecule has 0 bridgehead atoms. The minimum absolute atomic E-state index is 0.201. The van der Waals surface area contributed by atoms with E-state index in [1.165, 1.54) is 18.9 Å². The Morgan fingerprint density at radius 2 is 2.00 bits per heavy atom. The predicted octanol–water partition coefficient (Wildman–Crippen LogP) is 2.54. The summed E-state index contributed by atoms with van der Waals surface area (Å²) in [7, 11) is 0. The Hall–Kier alpha value is -2.35. The average molecular weight is 388 g/mol. The molecular formula is C19H24N4O3S. The summed E-state index contributed by atoms with van der Waals surface area (Å²) in [4.78, 5) is 37.9. The zero-order chi connectivity index (χ0) is 19.9. The van der Waals surface area contributed by atoms with Gasteiger partial charge in [-0.25, -0.2) is 0 Å². The standard InChI is InChI=1S/C19H24N4O3S/c1-11(2)8-9-22-16-7-6-12(3)10-15(16)19(17(22)26)23(14(5)25)21-18(27-19)20-13(4)24/h6-7,10-11H,8-9H2,1-5H3,(H,20,21,24)/t19-/m0/s1. The van der Waals surface area contributed by atoms with Crippen molar-refractivity contribution in [1.82, 2.24) is 10.3 Å². The Bertz CT molecular complexity index is 851. The Kier molecular flexibility index (Phi) is 5.03. The van der Waals surface area contributed by atoms with E-state index < -0.39 is 4.87 Å². The highest BCUT2D eigenvalue weighted by molar-refractivity contribution is 8.15. The van der Waals surface area contributed by atoms with Crippen molar-refractivity contribution in [3.63, 3.8) is 0 Å². The SMILES string of the molecule is CC(=O)NC1=NN(C(C)=O)[C@@]2(S1)C(=O)N(CCC(C)C)c1ccc(C)cc12. The fourth-order valence-electron chi connectivity index (χ4n) is 3.33. The first-order chi connectivity index (χ1) is 12.7. The third-order valence-electron chi connectivity index (χ3n) is 4.59. The minimum atomic E-state index is -1.30. The molecule has 1 N–H and O–H groups in total. The highest BCUT2D eigenvalue weighted by atomic mass is 32.2. The van der Waals surface area contributed by atoms with Crippen LogP contribution in [0.4, 0.5) is 5.69 Å². The number of aryl methyl sites for hydroxylation is 1. The van der Waals surface area contributed by atoms with Crippen molar-refractivity contribution < 1.29 is 14.4 Å². The van der Waals surface area contributed by atoms with Gasteiger partial charge in [0.1, 0.15) is 0 Å². The average Bonchev–Trinajstić information content (AvgIpc) is 3.04. The number of benzene rings is 1. The van der Waals surface area contributed by atoms with Gasteiger partial charge in [0.05, 0.1) is 5.69 Å². The van der Waals surface area contributed by atoms with Crippen molar-refractivity contribution in [1.29, 1.82) is 0 Å². The Morgan fingerprint density at radius 1 is 1.30 bits per heavy atom. The molecule has 0 saturated heterocycles. The first kappa shape index (κ1) is 19.4. The molecule has 2 aliphatic heterocycles. The summed E-state index contributed by atoms with van der Waals surface area (Å²) in [5.74, 6) is -0.412. The molecule has 1 atom stereocenters. The maximum atomic E-state index is 13.6. The number of hydrogen-bond acceptors (Lipinski definition) is 5. The van der Waals surface area contributed by atoms with E-state index in [-0.39, 0.29) is 22.9 Å². The molecule has 0 unspecified atom stereocenters. The lowest BCUT2D eigenvalue weighted by molar-refractivity contribution is -0.139. The Labute approximate surface area is 163 Å². The highest BCUT2D eigenvalue weighted by Crippen LogP contribution is 2.54. The summed E-state index contributed by atoms with van der Waals surface area (Å²) in [6.45, 7) is 9.48. The number of fused-ring (bicyclic) bond motifs is 2. The van der Waals surface area contributed by atoms with E-state index >= 15 is 0 Å². The number of carbonyl (C=O) groups excluding carboxylic acids is 3. The first-order valence-corrected chi connectivity index (χ1v) is 9.77. The number of amides is 3. The molecule has 2 heterocycles. The molecular weight excluding hydrogens is 364 g/mol. The van der Waals surface area contributed by atoms with Crippen LogP contribution in [0.1, 0.15) is 45.2 Å². The van der Waals surface area contributed by atoms with Gasteiger partial charge >= 0.3 is 0 Å². The van der Waals surface area contributed by atoms with Crippen molar-refractivity contribution >= 4 is 40.3 Å². The second-order valence-electron chi connectivity index (χ2n) is 7.32. The van der Waals surface area contributed by atoms with Gasteiger partial charge in [-0.05, 0) is 37.1 Å².